The number of aryl methyl sites for hydroxylation is 4. The summed E-state index contributed by atoms with van der Waals surface area (Å²) in [7, 11) is 0. The minimum absolute atomic E-state index is 0. The molecule has 0 N–H and O–H groups in total. The average molecular weight is 987 g/mol. The number of fused-ring (bicyclic) bond motifs is 2. The van der Waals surface area contributed by atoms with E-state index >= 15 is 0 Å². The molecule has 0 bridgehead atoms. The van der Waals surface area contributed by atoms with E-state index in [1.165, 1.54) is 88.3 Å². The van der Waals surface area contributed by atoms with Crippen molar-refractivity contribution in [1.29, 1.82) is 0 Å². The summed E-state index contributed by atoms with van der Waals surface area (Å²) in [6.07, 6.45) is 0. The number of rotatable bonds is 8. The SMILES string of the molecule is C[Si](C)=[Zr+2].Cc1ccc(-c2cc3c(-c4cc(C(C)C)cc(C(C)C)c4)c(C)c(C)cc3[cH-]2)o1.Cc1ccc(-c2cc3c(-c4cc(C(C)C)cc(C(C)C)c4)c(C)c(C)cc3[cH-]2)o1.[Cl-].[Cl-]. The second kappa shape index (κ2) is 22.2. The van der Waals surface area contributed by atoms with Gasteiger partial charge in [-0.15, -0.1) is 57.9 Å². The van der Waals surface area contributed by atoms with Crippen LogP contribution in [0, 0.1) is 41.5 Å². The van der Waals surface area contributed by atoms with Crippen LogP contribution in [0.1, 0.15) is 135 Å². The van der Waals surface area contributed by atoms with Crippen molar-refractivity contribution in [2.75, 3.05) is 0 Å². The van der Waals surface area contributed by atoms with Gasteiger partial charge in [0.2, 0.25) is 0 Å². The molecule has 0 amide bonds. The quantitative estimate of drug-likeness (QED) is 0.112. The number of halogens is 2. The predicted octanol–water partition coefficient (Wildman–Crippen LogP) is 12.1. The van der Waals surface area contributed by atoms with Gasteiger partial charge in [0, 0.05) is 0 Å². The molecule has 0 aliphatic carbocycles. The van der Waals surface area contributed by atoms with Gasteiger partial charge in [-0.05, 0) is 134 Å². The first kappa shape index (κ1) is 53.0. The molecule has 0 atom stereocenters. The van der Waals surface area contributed by atoms with Crippen LogP contribution >= 0.6 is 0 Å². The van der Waals surface area contributed by atoms with E-state index in [0.29, 0.717) is 23.7 Å². The Morgan fingerprint density at radius 2 is 0.750 bits per heavy atom. The van der Waals surface area contributed by atoms with Gasteiger partial charge in [-0.3, -0.25) is 0 Å². The topological polar surface area (TPSA) is 26.3 Å². The van der Waals surface area contributed by atoms with Gasteiger partial charge >= 0.3 is 41.9 Å². The third-order valence-electron chi connectivity index (χ3n) is 12.3. The van der Waals surface area contributed by atoms with Crippen LogP contribution in [0.5, 0.6) is 0 Å². The van der Waals surface area contributed by atoms with Gasteiger partial charge in [-0.25, -0.2) is 0 Å². The van der Waals surface area contributed by atoms with Crippen molar-refractivity contribution in [3.63, 3.8) is 0 Å². The maximum Gasteiger partial charge on any atom is 0.0896 e. The monoisotopic (exact) mass is 984 g/mol. The molecule has 8 rings (SSSR count). The Bertz CT molecular complexity index is 2630. The van der Waals surface area contributed by atoms with E-state index in [1.807, 2.05) is 26.0 Å². The van der Waals surface area contributed by atoms with E-state index in [2.05, 4.69) is 181 Å². The zero-order valence-corrected chi connectivity index (χ0v) is 46.1. The zero-order valence-electron chi connectivity index (χ0n) is 41.1. The van der Waals surface area contributed by atoms with Crippen LogP contribution < -0.4 is 24.8 Å². The maximum atomic E-state index is 5.91. The molecule has 2 aromatic heterocycles. The van der Waals surface area contributed by atoms with Crippen LogP contribution in [0.15, 0.2) is 106 Å². The van der Waals surface area contributed by atoms with Gasteiger partial charge in [-0.2, -0.15) is 0 Å². The first-order chi connectivity index (χ1) is 29.2. The minimum atomic E-state index is 0. The molecule has 0 saturated heterocycles. The van der Waals surface area contributed by atoms with Gasteiger partial charge in [0.25, 0.3) is 0 Å². The van der Waals surface area contributed by atoms with Gasteiger partial charge in [0.05, 0.1) is 23.0 Å². The molecule has 0 saturated carbocycles. The molecule has 0 fully saturated rings. The van der Waals surface area contributed by atoms with E-state index in [4.69, 9.17) is 8.83 Å². The molecule has 336 valence electrons. The summed E-state index contributed by atoms with van der Waals surface area (Å²) < 4.78 is 11.8. The summed E-state index contributed by atoms with van der Waals surface area (Å²) in [5.74, 6) is 5.82. The summed E-state index contributed by atoms with van der Waals surface area (Å²) in [5, 5.41) is 5.20. The van der Waals surface area contributed by atoms with Gasteiger partial charge in [0.15, 0.2) is 0 Å². The van der Waals surface area contributed by atoms with Crippen molar-refractivity contribution in [2.45, 2.75) is 134 Å². The van der Waals surface area contributed by atoms with Crippen molar-refractivity contribution in [3.8, 4) is 44.9 Å². The third kappa shape index (κ3) is 12.0. The normalized spacial score (nSPS) is 11.2. The molecule has 6 heteroatoms. The van der Waals surface area contributed by atoms with Gasteiger partial charge < -0.3 is 33.6 Å². The zero-order chi connectivity index (χ0) is 45.3. The van der Waals surface area contributed by atoms with E-state index < -0.39 is 0 Å². The van der Waals surface area contributed by atoms with Crippen molar-refractivity contribution in [2.24, 2.45) is 0 Å². The van der Waals surface area contributed by atoms with Crippen LogP contribution in [-0.4, -0.2) is 5.43 Å². The molecule has 0 aliphatic rings. The summed E-state index contributed by atoms with van der Waals surface area (Å²) in [5.41, 5.74) is 18.9. The Labute approximate surface area is 412 Å². The Balaban J connectivity index is 0.000000252. The van der Waals surface area contributed by atoms with Crippen LogP contribution in [0.3, 0.4) is 0 Å². The molecule has 0 radical (unpaired) electrons. The predicted molar refractivity (Wildman–Crippen MR) is 268 cm³/mol. The van der Waals surface area contributed by atoms with E-state index in [0.717, 1.165) is 34.2 Å². The maximum absolute atomic E-state index is 5.91. The molecule has 2 nitrogen and oxygen atoms in total. The van der Waals surface area contributed by atoms with Crippen LogP contribution in [0.25, 0.3) is 66.4 Å². The van der Waals surface area contributed by atoms with E-state index in [9.17, 15) is 0 Å². The molecule has 64 heavy (non-hydrogen) atoms. The van der Waals surface area contributed by atoms with Crippen molar-refractivity contribution in [1.82, 2.24) is 0 Å². The Morgan fingerprint density at radius 1 is 0.453 bits per heavy atom. The second-order valence-corrected chi connectivity index (χ2v) is 28.5. The molecule has 0 aliphatic heterocycles. The number of furan rings is 2. The molecule has 2 heterocycles. The summed E-state index contributed by atoms with van der Waals surface area (Å²) in [6.45, 7) is 35.8. The van der Waals surface area contributed by atoms with Gasteiger partial charge in [-0.1, -0.05) is 125 Å². The Kier molecular flexibility index (Phi) is 18.4. The first-order valence-corrected chi connectivity index (χ1v) is 28.8. The fraction of sp³-hybridized carbons (Fsp3) is 0.345. The fourth-order valence-corrected chi connectivity index (χ4v) is 8.39. The van der Waals surface area contributed by atoms with Crippen LogP contribution in [0.2, 0.25) is 13.1 Å². The molecule has 0 spiro atoms. The number of hydrogen-bond acceptors (Lipinski definition) is 2. The second-order valence-electron chi connectivity index (χ2n) is 19.1. The van der Waals surface area contributed by atoms with E-state index in [1.54, 1.807) is 23.3 Å². The van der Waals surface area contributed by atoms with Crippen LogP contribution in [0.4, 0.5) is 0 Å². The summed E-state index contributed by atoms with van der Waals surface area (Å²) in [6, 6.07) is 36.3. The number of hydrogen-bond donors (Lipinski definition) is 0. The molecular formula is C58H68Cl2O2SiZr-2. The molecule has 6 aromatic carbocycles. The molecule has 8 aromatic rings. The Hall–Kier alpha value is -3.66. The number of benzene rings is 4. The third-order valence-corrected chi connectivity index (χ3v) is 12.3. The average Bonchev–Trinajstić information content (AvgIpc) is 4.02. The van der Waals surface area contributed by atoms with Crippen LogP contribution in [-0.2, 0) is 23.3 Å². The fourth-order valence-electron chi connectivity index (χ4n) is 8.39. The largest absolute Gasteiger partial charge is 1.00 e. The van der Waals surface area contributed by atoms with Gasteiger partial charge in [0.1, 0.15) is 0 Å². The Morgan fingerprint density at radius 3 is 1.00 bits per heavy atom. The smallest absolute Gasteiger partial charge is 0.0896 e. The van der Waals surface area contributed by atoms with Crippen molar-refractivity contribution < 1.29 is 57.0 Å². The molecule has 0 unspecified atom stereocenters. The van der Waals surface area contributed by atoms with Crippen molar-refractivity contribution in [3.05, 3.63) is 153 Å². The standard InChI is InChI=1S/2C28H31O.C2H6Si.2ClH.Zr/c2*1-16(2)21-11-22(17(3)4)13-25(12-21)28-20(7)18(5)10-23-14-24(15-26(23)28)27-9-8-19(6)29-27;1-3-2;;;/h2*8-17H,1-7H3;1-2H3;2*1H;/q2*-1;;;;+2/p-2. The molecular weight excluding hydrogens is 919 g/mol. The first-order valence-electron chi connectivity index (χ1n) is 22.6. The summed E-state index contributed by atoms with van der Waals surface area (Å²) >= 11 is 1.74. The van der Waals surface area contributed by atoms with Crippen molar-refractivity contribution >= 4 is 27.0 Å². The summed E-state index contributed by atoms with van der Waals surface area (Å²) in [4.78, 5) is 0. The van der Waals surface area contributed by atoms with E-state index in [-0.39, 0.29) is 30.2 Å². The minimum Gasteiger partial charge on any atom is -1.00 e.